The van der Waals surface area contributed by atoms with Crippen LogP contribution in [0.3, 0.4) is 0 Å². The van der Waals surface area contributed by atoms with Crippen LogP contribution in [-0.2, 0) is 4.74 Å². The van der Waals surface area contributed by atoms with E-state index >= 15 is 0 Å². The molecule has 0 aromatic carbocycles. The highest BCUT2D eigenvalue weighted by atomic mass is 79.9. The summed E-state index contributed by atoms with van der Waals surface area (Å²) in [6, 6.07) is 1.97. The fourth-order valence-electron chi connectivity index (χ4n) is 1.77. The second kappa shape index (κ2) is 5.69. The van der Waals surface area contributed by atoms with Gasteiger partial charge in [0.1, 0.15) is 0 Å². The summed E-state index contributed by atoms with van der Waals surface area (Å²) >= 11 is 3.42. The third-order valence-corrected chi connectivity index (χ3v) is 2.91. The van der Waals surface area contributed by atoms with Gasteiger partial charge in [0, 0.05) is 23.8 Å². The van der Waals surface area contributed by atoms with E-state index in [-0.39, 0.29) is 6.10 Å². The molecule has 0 N–H and O–H groups in total. The summed E-state index contributed by atoms with van der Waals surface area (Å²) in [4.78, 5) is 6.66. The van der Waals surface area contributed by atoms with Gasteiger partial charge in [-0.2, -0.15) is 0 Å². The van der Waals surface area contributed by atoms with Crippen LogP contribution in [-0.4, -0.2) is 37.4 Å². The predicted molar refractivity (Wildman–Crippen MR) is 70.7 cm³/mol. The summed E-state index contributed by atoms with van der Waals surface area (Å²) in [6.07, 6.45) is 1.95. The highest BCUT2D eigenvalue weighted by Crippen LogP contribution is 2.30. The Morgan fingerprint density at radius 1 is 1.41 bits per heavy atom. The maximum atomic E-state index is 5.80. The zero-order chi connectivity index (χ0) is 12.3. The average Bonchev–Trinajstić information content (AvgIpc) is 2.29. The number of rotatable bonds is 3. The maximum absolute atomic E-state index is 5.80. The van der Waals surface area contributed by atoms with Crippen molar-refractivity contribution in [1.29, 1.82) is 0 Å². The van der Waals surface area contributed by atoms with Gasteiger partial charge in [-0.25, -0.2) is 4.98 Å². The van der Waals surface area contributed by atoms with Crippen LogP contribution in [0.25, 0.3) is 0 Å². The maximum Gasteiger partial charge on any atom is 0.171 e. The topological polar surface area (TPSA) is 34.6 Å². The Hall–Kier alpha value is -0.810. The lowest BCUT2D eigenvalue weighted by Crippen LogP contribution is -2.37. The number of hydrogen-bond donors (Lipinski definition) is 0. The normalized spacial score (nSPS) is 16.4. The van der Waals surface area contributed by atoms with E-state index in [2.05, 4.69) is 25.8 Å². The SMILES string of the molecule is CC(C)Oc1cc(Br)cnc1N1CCOCC1. The zero-order valence-corrected chi connectivity index (χ0v) is 11.7. The molecule has 1 aromatic rings. The second-order valence-electron chi connectivity index (χ2n) is 4.24. The lowest BCUT2D eigenvalue weighted by Gasteiger charge is -2.29. The van der Waals surface area contributed by atoms with Gasteiger partial charge in [0.05, 0.1) is 19.3 Å². The van der Waals surface area contributed by atoms with E-state index in [4.69, 9.17) is 9.47 Å². The monoisotopic (exact) mass is 300 g/mol. The zero-order valence-electron chi connectivity index (χ0n) is 10.1. The summed E-state index contributed by atoms with van der Waals surface area (Å²) in [5.41, 5.74) is 0. The lowest BCUT2D eigenvalue weighted by atomic mass is 10.3. The van der Waals surface area contributed by atoms with Gasteiger partial charge in [0.15, 0.2) is 11.6 Å². The van der Waals surface area contributed by atoms with E-state index in [0.29, 0.717) is 0 Å². The quantitative estimate of drug-likeness (QED) is 0.859. The molecule has 1 aliphatic rings. The van der Waals surface area contributed by atoms with Crippen LogP contribution in [0.1, 0.15) is 13.8 Å². The molecule has 0 radical (unpaired) electrons. The minimum atomic E-state index is 0.144. The van der Waals surface area contributed by atoms with E-state index in [1.807, 2.05) is 19.9 Å². The Bertz CT molecular complexity index is 379. The van der Waals surface area contributed by atoms with Crippen molar-refractivity contribution in [3.05, 3.63) is 16.7 Å². The standard InChI is InChI=1S/C12H17BrN2O2/c1-9(2)17-11-7-10(13)8-14-12(11)15-3-5-16-6-4-15/h7-9H,3-6H2,1-2H3. The van der Waals surface area contributed by atoms with Crippen molar-refractivity contribution in [2.75, 3.05) is 31.2 Å². The summed E-state index contributed by atoms with van der Waals surface area (Å²) in [5, 5.41) is 0. The Morgan fingerprint density at radius 3 is 2.76 bits per heavy atom. The Morgan fingerprint density at radius 2 is 2.12 bits per heavy atom. The van der Waals surface area contributed by atoms with E-state index in [9.17, 15) is 0 Å². The second-order valence-corrected chi connectivity index (χ2v) is 5.16. The van der Waals surface area contributed by atoms with Crippen LogP contribution in [0.2, 0.25) is 0 Å². The van der Waals surface area contributed by atoms with E-state index < -0.39 is 0 Å². The lowest BCUT2D eigenvalue weighted by molar-refractivity contribution is 0.121. The van der Waals surface area contributed by atoms with Gasteiger partial charge >= 0.3 is 0 Å². The van der Waals surface area contributed by atoms with Crippen LogP contribution in [0.5, 0.6) is 5.75 Å². The Balaban J connectivity index is 2.24. The molecule has 1 fully saturated rings. The molecule has 17 heavy (non-hydrogen) atoms. The molecule has 94 valence electrons. The van der Waals surface area contributed by atoms with Crippen molar-refractivity contribution in [3.8, 4) is 5.75 Å². The van der Waals surface area contributed by atoms with Gasteiger partial charge in [-0.3, -0.25) is 0 Å². The van der Waals surface area contributed by atoms with Crippen molar-refractivity contribution in [2.45, 2.75) is 20.0 Å². The number of anilines is 1. The first-order valence-electron chi connectivity index (χ1n) is 5.81. The Labute approximate surface area is 110 Å². The molecular weight excluding hydrogens is 284 g/mol. The highest BCUT2D eigenvalue weighted by molar-refractivity contribution is 9.10. The van der Waals surface area contributed by atoms with E-state index in [0.717, 1.165) is 42.3 Å². The number of morpholine rings is 1. The van der Waals surface area contributed by atoms with Gasteiger partial charge in [-0.15, -0.1) is 0 Å². The molecule has 0 spiro atoms. The number of ether oxygens (including phenoxy) is 2. The molecule has 0 saturated carbocycles. The van der Waals surface area contributed by atoms with Gasteiger partial charge in [0.25, 0.3) is 0 Å². The first-order valence-corrected chi connectivity index (χ1v) is 6.61. The molecule has 2 heterocycles. The molecule has 0 bridgehead atoms. The average molecular weight is 301 g/mol. The first-order chi connectivity index (χ1) is 8.16. The van der Waals surface area contributed by atoms with Crippen LogP contribution in [0.15, 0.2) is 16.7 Å². The van der Waals surface area contributed by atoms with Crippen LogP contribution < -0.4 is 9.64 Å². The summed E-state index contributed by atoms with van der Waals surface area (Å²) in [5.74, 6) is 1.74. The number of halogens is 1. The van der Waals surface area contributed by atoms with Crippen molar-refractivity contribution in [2.24, 2.45) is 0 Å². The number of aromatic nitrogens is 1. The minimum Gasteiger partial charge on any atom is -0.487 e. The number of hydrogen-bond acceptors (Lipinski definition) is 4. The third kappa shape index (κ3) is 3.33. The first kappa shape index (κ1) is 12.6. The van der Waals surface area contributed by atoms with Crippen molar-refractivity contribution >= 4 is 21.7 Å². The summed E-state index contributed by atoms with van der Waals surface area (Å²) in [6.45, 7) is 7.26. The largest absolute Gasteiger partial charge is 0.487 e. The van der Waals surface area contributed by atoms with Gasteiger partial charge in [0.2, 0.25) is 0 Å². The number of nitrogens with zero attached hydrogens (tertiary/aromatic N) is 2. The van der Waals surface area contributed by atoms with Crippen LogP contribution in [0.4, 0.5) is 5.82 Å². The fraction of sp³-hybridized carbons (Fsp3) is 0.583. The molecule has 1 aliphatic heterocycles. The minimum absolute atomic E-state index is 0.144. The van der Waals surface area contributed by atoms with Crippen LogP contribution >= 0.6 is 15.9 Å². The smallest absolute Gasteiger partial charge is 0.171 e. The molecule has 1 aromatic heterocycles. The van der Waals surface area contributed by atoms with Crippen molar-refractivity contribution in [1.82, 2.24) is 4.98 Å². The predicted octanol–water partition coefficient (Wildman–Crippen LogP) is 2.47. The van der Waals surface area contributed by atoms with Crippen molar-refractivity contribution < 1.29 is 9.47 Å². The highest BCUT2D eigenvalue weighted by Gasteiger charge is 2.18. The van der Waals surface area contributed by atoms with E-state index in [1.54, 1.807) is 6.20 Å². The molecule has 0 amide bonds. The molecule has 2 rings (SSSR count). The molecule has 0 atom stereocenters. The van der Waals surface area contributed by atoms with Crippen LogP contribution in [0, 0.1) is 0 Å². The summed E-state index contributed by atoms with van der Waals surface area (Å²) in [7, 11) is 0. The molecule has 1 saturated heterocycles. The summed E-state index contributed by atoms with van der Waals surface area (Å²) < 4.78 is 12.1. The van der Waals surface area contributed by atoms with Gasteiger partial charge in [-0.05, 0) is 35.8 Å². The fourth-order valence-corrected chi connectivity index (χ4v) is 2.08. The molecule has 4 nitrogen and oxygen atoms in total. The molecule has 0 aliphatic carbocycles. The Kier molecular flexibility index (Phi) is 4.23. The van der Waals surface area contributed by atoms with Gasteiger partial charge < -0.3 is 14.4 Å². The van der Waals surface area contributed by atoms with Crippen molar-refractivity contribution in [3.63, 3.8) is 0 Å². The molecule has 5 heteroatoms. The molecular formula is C12H17BrN2O2. The third-order valence-electron chi connectivity index (χ3n) is 2.47. The molecule has 0 unspecified atom stereocenters. The number of pyridine rings is 1. The van der Waals surface area contributed by atoms with E-state index in [1.165, 1.54) is 0 Å². The van der Waals surface area contributed by atoms with Gasteiger partial charge in [-0.1, -0.05) is 0 Å².